The quantitative estimate of drug-likeness (QED) is 0.915. The number of benzene rings is 1. The highest BCUT2D eigenvalue weighted by Crippen LogP contribution is 2.25. The van der Waals surface area contributed by atoms with E-state index in [0.717, 1.165) is 17.9 Å². The summed E-state index contributed by atoms with van der Waals surface area (Å²) in [5.74, 6) is 0. The minimum absolute atomic E-state index is 0.618. The van der Waals surface area contributed by atoms with Crippen LogP contribution in [0.3, 0.4) is 0 Å². The lowest BCUT2D eigenvalue weighted by atomic mass is 10.3. The summed E-state index contributed by atoms with van der Waals surface area (Å²) in [6.07, 6.45) is 3.83. The highest BCUT2D eigenvalue weighted by molar-refractivity contribution is 6.36. The van der Waals surface area contributed by atoms with Crippen molar-refractivity contribution < 1.29 is 0 Å². The lowest BCUT2D eigenvalue weighted by Gasteiger charge is -2.06. The van der Waals surface area contributed by atoms with Crippen LogP contribution in [0.1, 0.15) is 12.6 Å². The third-order valence-electron chi connectivity index (χ3n) is 2.44. The van der Waals surface area contributed by atoms with Crippen LogP contribution in [0, 0.1) is 0 Å². The van der Waals surface area contributed by atoms with Gasteiger partial charge in [0.1, 0.15) is 0 Å². The van der Waals surface area contributed by atoms with E-state index in [-0.39, 0.29) is 0 Å². The number of imidazole rings is 1. The average molecular weight is 270 g/mol. The molecule has 0 atom stereocenters. The molecule has 90 valence electrons. The molecule has 1 heterocycles. The van der Waals surface area contributed by atoms with E-state index in [4.69, 9.17) is 23.2 Å². The zero-order valence-corrected chi connectivity index (χ0v) is 11.0. The fourth-order valence-corrected chi connectivity index (χ4v) is 1.96. The van der Waals surface area contributed by atoms with Crippen LogP contribution in [-0.4, -0.2) is 9.55 Å². The van der Waals surface area contributed by atoms with Crippen LogP contribution in [-0.2, 0) is 13.1 Å². The number of aryl methyl sites for hydroxylation is 1. The molecule has 0 saturated heterocycles. The van der Waals surface area contributed by atoms with Gasteiger partial charge in [-0.15, -0.1) is 0 Å². The monoisotopic (exact) mass is 269 g/mol. The van der Waals surface area contributed by atoms with E-state index >= 15 is 0 Å². The Balaban J connectivity index is 2.02. The Morgan fingerprint density at radius 3 is 2.82 bits per heavy atom. The topological polar surface area (TPSA) is 29.9 Å². The molecule has 0 fully saturated rings. The Morgan fingerprint density at radius 1 is 1.35 bits per heavy atom. The predicted octanol–water partition coefficient (Wildman–Crippen LogP) is 3.82. The van der Waals surface area contributed by atoms with Crippen molar-refractivity contribution in [3.8, 4) is 0 Å². The molecule has 0 aliphatic carbocycles. The van der Waals surface area contributed by atoms with Crippen LogP contribution in [0.15, 0.2) is 30.7 Å². The summed E-state index contributed by atoms with van der Waals surface area (Å²) in [6.45, 7) is 3.65. The van der Waals surface area contributed by atoms with E-state index < -0.39 is 0 Å². The van der Waals surface area contributed by atoms with Crippen LogP contribution in [0.2, 0.25) is 10.0 Å². The van der Waals surface area contributed by atoms with Crippen molar-refractivity contribution in [1.29, 1.82) is 0 Å². The first-order valence-electron chi connectivity index (χ1n) is 5.38. The SMILES string of the molecule is CCn1cnc(CNc2ccc(Cl)cc2Cl)c1. The molecule has 0 spiro atoms. The van der Waals surface area contributed by atoms with Gasteiger partial charge in [0, 0.05) is 17.8 Å². The zero-order chi connectivity index (χ0) is 12.3. The number of anilines is 1. The maximum atomic E-state index is 6.06. The summed E-state index contributed by atoms with van der Waals surface area (Å²) in [4.78, 5) is 4.28. The van der Waals surface area contributed by atoms with Gasteiger partial charge in [0.2, 0.25) is 0 Å². The van der Waals surface area contributed by atoms with Crippen molar-refractivity contribution in [2.24, 2.45) is 0 Å². The minimum Gasteiger partial charge on any atom is -0.378 e. The van der Waals surface area contributed by atoms with E-state index in [9.17, 15) is 0 Å². The van der Waals surface area contributed by atoms with Gasteiger partial charge in [0.05, 0.1) is 29.3 Å². The molecule has 0 amide bonds. The van der Waals surface area contributed by atoms with Crippen molar-refractivity contribution in [2.45, 2.75) is 20.0 Å². The maximum Gasteiger partial charge on any atom is 0.0950 e. The van der Waals surface area contributed by atoms with Crippen LogP contribution >= 0.6 is 23.2 Å². The molecular weight excluding hydrogens is 257 g/mol. The van der Waals surface area contributed by atoms with Crippen molar-refractivity contribution >= 4 is 28.9 Å². The number of halogens is 2. The Kier molecular flexibility index (Phi) is 3.92. The summed E-state index contributed by atoms with van der Waals surface area (Å²) in [6, 6.07) is 5.39. The van der Waals surface area contributed by atoms with E-state index in [1.165, 1.54) is 0 Å². The first-order valence-corrected chi connectivity index (χ1v) is 6.14. The number of hydrogen-bond acceptors (Lipinski definition) is 2. The third kappa shape index (κ3) is 3.14. The summed E-state index contributed by atoms with van der Waals surface area (Å²) >= 11 is 11.9. The maximum absolute atomic E-state index is 6.06. The first-order chi connectivity index (χ1) is 8.19. The van der Waals surface area contributed by atoms with Crippen LogP contribution in [0.4, 0.5) is 5.69 Å². The van der Waals surface area contributed by atoms with Gasteiger partial charge in [-0.3, -0.25) is 0 Å². The van der Waals surface area contributed by atoms with Gasteiger partial charge in [-0.1, -0.05) is 23.2 Å². The molecule has 3 nitrogen and oxygen atoms in total. The number of aromatic nitrogens is 2. The second-order valence-electron chi connectivity index (χ2n) is 3.67. The van der Waals surface area contributed by atoms with Crippen molar-refractivity contribution in [3.05, 3.63) is 46.5 Å². The van der Waals surface area contributed by atoms with Crippen molar-refractivity contribution in [1.82, 2.24) is 9.55 Å². The van der Waals surface area contributed by atoms with Crippen molar-refractivity contribution in [2.75, 3.05) is 5.32 Å². The molecule has 1 aromatic carbocycles. The zero-order valence-electron chi connectivity index (χ0n) is 9.45. The largest absolute Gasteiger partial charge is 0.378 e. The smallest absolute Gasteiger partial charge is 0.0950 e. The molecule has 0 aliphatic heterocycles. The van der Waals surface area contributed by atoms with Gasteiger partial charge in [-0.2, -0.15) is 0 Å². The number of nitrogens with one attached hydrogen (secondary N) is 1. The Morgan fingerprint density at radius 2 is 2.18 bits per heavy atom. The second kappa shape index (κ2) is 5.43. The van der Waals surface area contributed by atoms with Gasteiger partial charge >= 0.3 is 0 Å². The molecule has 17 heavy (non-hydrogen) atoms. The molecule has 0 unspecified atom stereocenters. The first kappa shape index (κ1) is 12.3. The summed E-state index contributed by atoms with van der Waals surface area (Å²) < 4.78 is 2.03. The predicted molar refractivity (Wildman–Crippen MR) is 71.7 cm³/mol. The normalized spacial score (nSPS) is 10.5. The Bertz CT molecular complexity index is 508. The lowest BCUT2D eigenvalue weighted by Crippen LogP contribution is -2.00. The van der Waals surface area contributed by atoms with Crippen LogP contribution < -0.4 is 5.32 Å². The second-order valence-corrected chi connectivity index (χ2v) is 4.52. The third-order valence-corrected chi connectivity index (χ3v) is 2.99. The molecule has 2 aromatic rings. The van der Waals surface area contributed by atoms with Gasteiger partial charge in [0.15, 0.2) is 0 Å². The molecule has 0 aliphatic rings. The van der Waals surface area contributed by atoms with E-state index in [1.807, 2.05) is 23.2 Å². The van der Waals surface area contributed by atoms with E-state index in [2.05, 4.69) is 17.2 Å². The molecule has 1 N–H and O–H groups in total. The van der Waals surface area contributed by atoms with Gasteiger partial charge in [0.25, 0.3) is 0 Å². The fourth-order valence-electron chi connectivity index (χ4n) is 1.49. The molecule has 0 bridgehead atoms. The standard InChI is InChI=1S/C12H13Cl2N3/c1-2-17-7-10(16-8-17)6-15-12-4-3-9(13)5-11(12)14/h3-5,7-8,15H,2,6H2,1H3. The molecule has 1 aromatic heterocycles. The summed E-state index contributed by atoms with van der Waals surface area (Å²) in [5.41, 5.74) is 1.85. The highest BCUT2D eigenvalue weighted by atomic mass is 35.5. The number of rotatable bonds is 4. The molecular formula is C12H13Cl2N3. The van der Waals surface area contributed by atoms with Crippen LogP contribution in [0.5, 0.6) is 0 Å². The summed E-state index contributed by atoms with van der Waals surface area (Å²) in [7, 11) is 0. The Labute approximate surface area is 110 Å². The minimum atomic E-state index is 0.618. The molecule has 2 rings (SSSR count). The van der Waals surface area contributed by atoms with E-state index in [0.29, 0.717) is 16.6 Å². The van der Waals surface area contributed by atoms with Gasteiger partial charge in [-0.05, 0) is 25.1 Å². The lowest BCUT2D eigenvalue weighted by molar-refractivity contribution is 0.760. The van der Waals surface area contributed by atoms with Crippen molar-refractivity contribution in [3.63, 3.8) is 0 Å². The number of nitrogens with zero attached hydrogens (tertiary/aromatic N) is 2. The summed E-state index contributed by atoms with van der Waals surface area (Å²) in [5, 5.41) is 4.48. The number of hydrogen-bond donors (Lipinski definition) is 1. The molecule has 5 heteroatoms. The van der Waals surface area contributed by atoms with Gasteiger partial charge in [-0.25, -0.2) is 4.98 Å². The molecule has 0 saturated carbocycles. The average Bonchev–Trinajstić information content (AvgIpc) is 2.76. The molecule has 0 radical (unpaired) electrons. The highest BCUT2D eigenvalue weighted by Gasteiger charge is 2.02. The Hall–Kier alpha value is -1.19. The fraction of sp³-hybridized carbons (Fsp3) is 0.250. The van der Waals surface area contributed by atoms with Gasteiger partial charge < -0.3 is 9.88 Å². The van der Waals surface area contributed by atoms with Crippen LogP contribution in [0.25, 0.3) is 0 Å². The van der Waals surface area contributed by atoms with E-state index in [1.54, 1.807) is 12.1 Å².